The van der Waals surface area contributed by atoms with Crippen LogP contribution >= 0.6 is 0 Å². The number of ketones is 1. The van der Waals surface area contributed by atoms with Crippen LogP contribution in [0.4, 0.5) is 11.4 Å². The van der Waals surface area contributed by atoms with E-state index in [-0.39, 0.29) is 17.0 Å². The molecular weight excluding hydrogens is 272 g/mol. The number of carbonyl (C=O) groups excluding carboxylic acids is 1. The Morgan fingerprint density at radius 2 is 2.14 bits per heavy atom. The molecule has 0 aliphatic heterocycles. The van der Waals surface area contributed by atoms with E-state index in [0.717, 1.165) is 5.76 Å². The molecule has 0 unspecified atom stereocenters. The zero-order chi connectivity index (χ0) is 15.4. The van der Waals surface area contributed by atoms with E-state index in [1.54, 1.807) is 18.4 Å². The van der Waals surface area contributed by atoms with E-state index >= 15 is 0 Å². The van der Waals surface area contributed by atoms with Gasteiger partial charge in [0.05, 0.1) is 23.3 Å². The SMILES string of the molecule is CCN(Cc1ccco1)c1ccc(C(C)=O)c([N+](=O)[O-])c1. The van der Waals surface area contributed by atoms with E-state index in [0.29, 0.717) is 18.8 Å². The van der Waals surface area contributed by atoms with Gasteiger partial charge in [0, 0.05) is 18.3 Å². The highest BCUT2D eigenvalue weighted by molar-refractivity contribution is 5.98. The molecule has 21 heavy (non-hydrogen) atoms. The summed E-state index contributed by atoms with van der Waals surface area (Å²) in [5.74, 6) is 0.456. The third kappa shape index (κ3) is 3.28. The summed E-state index contributed by atoms with van der Waals surface area (Å²) in [5, 5.41) is 11.1. The molecule has 2 rings (SSSR count). The van der Waals surface area contributed by atoms with Gasteiger partial charge in [-0.1, -0.05) is 0 Å². The molecule has 0 spiro atoms. The van der Waals surface area contributed by atoms with Crippen molar-refractivity contribution in [2.75, 3.05) is 11.4 Å². The number of hydrogen-bond donors (Lipinski definition) is 0. The molecule has 6 nitrogen and oxygen atoms in total. The monoisotopic (exact) mass is 288 g/mol. The summed E-state index contributed by atoms with van der Waals surface area (Å²) < 4.78 is 5.30. The number of nitro benzene ring substituents is 1. The van der Waals surface area contributed by atoms with Crippen molar-refractivity contribution in [3.05, 3.63) is 58.0 Å². The Kier molecular flexibility index (Phi) is 4.37. The van der Waals surface area contributed by atoms with Crippen molar-refractivity contribution in [1.29, 1.82) is 0 Å². The summed E-state index contributed by atoms with van der Waals surface area (Å²) in [4.78, 5) is 24.0. The Morgan fingerprint density at radius 1 is 1.38 bits per heavy atom. The van der Waals surface area contributed by atoms with Crippen LogP contribution in [0.5, 0.6) is 0 Å². The van der Waals surface area contributed by atoms with Crippen molar-refractivity contribution >= 4 is 17.2 Å². The number of carbonyl (C=O) groups is 1. The van der Waals surface area contributed by atoms with Crippen LogP contribution in [0.25, 0.3) is 0 Å². The minimum absolute atomic E-state index is 0.123. The van der Waals surface area contributed by atoms with Crippen molar-refractivity contribution in [3.8, 4) is 0 Å². The van der Waals surface area contributed by atoms with Crippen LogP contribution in [0.2, 0.25) is 0 Å². The quantitative estimate of drug-likeness (QED) is 0.462. The number of nitro groups is 1. The molecule has 1 heterocycles. The highest BCUT2D eigenvalue weighted by Gasteiger charge is 2.19. The molecule has 110 valence electrons. The second-order valence-electron chi connectivity index (χ2n) is 4.61. The maximum atomic E-state index is 11.4. The summed E-state index contributed by atoms with van der Waals surface area (Å²) in [5.41, 5.74) is 0.640. The molecule has 1 aromatic heterocycles. The molecule has 0 saturated heterocycles. The smallest absolute Gasteiger partial charge is 0.282 e. The topological polar surface area (TPSA) is 76.6 Å². The fourth-order valence-corrected chi connectivity index (χ4v) is 2.14. The van der Waals surface area contributed by atoms with Gasteiger partial charge in [-0.2, -0.15) is 0 Å². The van der Waals surface area contributed by atoms with Gasteiger partial charge >= 0.3 is 0 Å². The normalized spacial score (nSPS) is 10.4. The lowest BCUT2D eigenvalue weighted by atomic mass is 10.1. The molecule has 0 bridgehead atoms. The van der Waals surface area contributed by atoms with Crippen molar-refractivity contribution in [3.63, 3.8) is 0 Å². The molecule has 0 atom stereocenters. The first-order chi connectivity index (χ1) is 10.0. The van der Waals surface area contributed by atoms with Gasteiger partial charge in [-0.3, -0.25) is 14.9 Å². The second kappa shape index (κ2) is 6.21. The van der Waals surface area contributed by atoms with Crippen LogP contribution < -0.4 is 4.90 Å². The average molecular weight is 288 g/mol. The Labute approximate surface area is 122 Å². The van der Waals surface area contributed by atoms with E-state index < -0.39 is 4.92 Å². The zero-order valence-electron chi connectivity index (χ0n) is 11.9. The van der Waals surface area contributed by atoms with Gasteiger partial charge in [0.15, 0.2) is 5.78 Å². The largest absolute Gasteiger partial charge is 0.467 e. The number of anilines is 1. The first-order valence-electron chi connectivity index (χ1n) is 6.59. The van der Waals surface area contributed by atoms with Crippen LogP contribution in [-0.4, -0.2) is 17.3 Å². The average Bonchev–Trinajstić information content (AvgIpc) is 2.97. The van der Waals surface area contributed by atoms with Crippen molar-refractivity contribution in [1.82, 2.24) is 0 Å². The third-order valence-corrected chi connectivity index (χ3v) is 3.23. The minimum Gasteiger partial charge on any atom is -0.467 e. The fourth-order valence-electron chi connectivity index (χ4n) is 2.14. The molecule has 2 aromatic rings. The number of benzene rings is 1. The van der Waals surface area contributed by atoms with Gasteiger partial charge in [-0.05, 0) is 38.1 Å². The summed E-state index contributed by atoms with van der Waals surface area (Å²) in [6.07, 6.45) is 1.59. The summed E-state index contributed by atoms with van der Waals surface area (Å²) >= 11 is 0. The maximum Gasteiger partial charge on any atom is 0.282 e. The van der Waals surface area contributed by atoms with Gasteiger partial charge in [0.1, 0.15) is 5.76 Å². The predicted octanol–water partition coefficient (Wildman–Crippen LogP) is 3.42. The van der Waals surface area contributed by atoms with Gasteiger partial charge in [0.2, 0.25) is 0 Å². The number of nitrogens with zero attached hydrogens (tertiary/aromatic N) is 2. The number of hydrogen-bond acceptors (Lipinski definition) is 5. The molecule has 0 N–H and O–H groups in total. The number of rotatable bonds is 6. The van der Waals surface area contributed by atoms with Crippen LogP contribution in [0.15, 0.2) is 41.0 Å². The molecule has 0 aliphatic carbocycles. The minimum atomic E-state index is -0.527. The van der Waals surface area contributed by atoms with Crippen molar-refractivity contribution in [2.45, 2.75) is 20.4 Å². The molecule has 1 aromatic carbocycles. The molecule has 0 fully saturated rings. The van der Waals surface area contributed by atoms with Crippen LogP contribution in [0.3, 0.4) is 0 Å². The van der Waals surface area contributed by atoms with E-state index in [1.807, 2.05) is 17.9 Å². The van der Waals surface area contributed by atoms with E-state index in [4.69, 9.17) is 4.42 Å². The number of furan rings is 1. The Hall–Kier alpha value is -2.63. The van der Waals surface area contributed by atoms with Crippen molar-refractivity contribution < 1.29 is 14.1 Å². The molecule has 0 aliphatic rings. The van der Waals surface area contributed by atoms with Crippen LogP contribution in [0, 0.1) is 10.1 Å². The fraction of sp³-hybridized carbons (Fsp3) is 0.267. The molecule has 0 amide bonds. The third-order valence-electron chi connectivity index (χ3n) is 3.23. The van der Waals surface area contributed by atoms with Crippen LogP contribution in [-0.2, 0) is 6.54 Å². The lowest BCUT2D eigenvalue weighted by molar-refractivity contribution is -0.385. The van der Waals surface area contributed by atoms with E-state index in [9.17, 15) is 14.9 Å². The van der Waals surface area contributed by atoms with Gasteiger partial charge < -0.3 is 9.32 Å². The summed E-state index contributed by atoms with van der Waals surface area (Å²) in [6.45, 7) is 4.45. The highest BCUT2D eigenvalue weighted by atomic mass is 16.6. The highest BCUT2D eigenvalue weighted by Crippen LogP contribution is 2.27. The Balaban J connectivity index is 2.35. The van der Waals surface area contributed by atoms with Crippen LogP contribution in [0.1, 0.15) is 30.0 Å². The second-order valence-corrected chi connectivity index (χ2v) is 4.61. The lowest BCUT2D eigenvalue weighted by Crippen LogP contribution is -2.22. The first-order valence-corrected chi connectivity index (χ1v) is 6.59. The predicted molar refractivity (Wildman–Crippen MR) is 78.5 cm³/mol. The molecular formula is C15H16N2O4. The van der Waals surface area contributed by atoms with Gasteiger partial charge in [0.25, 0.3) is 5.69 Å². The Bertz CT molecular complexity index is 650. The van der Waals surface area contributed by atoms with E-state index in [1.165, 1.54) is 19.1 Å². The molecule has 6 heteroatoms. The summed E-state index contributed by atoms with van der Waals surface area (Å²) in [6, 6.07) is 8.30. The molecule has 0 saturated carbocycles. The zero-order valence-corrected chi connectivity index (χ0v) is 11.9. The maximum absolute atomic E-state index is 11.4. The summed E-state index contributed by atoms with van der Waals surface area (Å²) in [7, 11) is 0. The number of Topliss-reactive ketones (excluding diaryl/α,β-unsaturated/α-hetero) is 1. The Morgan fingerprint density at radius 3 is 2.67 bits per heavy atom. The van der Waals surface area contributed by atoms with Crippen molar-refractivity contribution in [2.24, 2.45) is 0 Å². The van der Waals surface area contributed by atoms with Gasteiger partial charge in [-0.15, -0.1) is 0 Å². The standard InChI is InChI=1S/C15H16N2O4/c1-3-16(10-13-5-4-8-21-13)12-6-7-14(11(2)18)15(9-12)17(19)20/h4-9H,3,10H2,1-2H3. The lowest BCUT2D eigenvalue weighted by Gasteiger charge is -2.22. The van der Waals surface area contributed by atoms with E-state index in [2.05, 4.69) is 0 Å². The van der Waals surface area contributed by atoms with Gasteiger partial charge in [-0.25, -0.2) is 0 Å². The molecule has 0 radical (unpaired) electrons. The first kappa shape index (κ1) is 14.8.